The number of hydrogen-bond acceptors (Lipinski definition) is 2. The first-order valence-corrected chi connectivity index (χ1v) is 7.03. The Hall–Kier alpha value is -2.29. The van der Waals surface area contributed by atoms with Crippen molar-refractivity contribution in [2.24, 2.45) is 0 Å². The molecule has 1 atom stereocenters. The summed E-state index contributed by atoms with van der Waals surface area (Å²) < 4.78 is 5.10. The molecule has 0 aliphatic carbocycles. The number of carbonyl (C=O) groups excluding carboxylic acids is 1. The van der Waals surface area contributed by atoms with Crippen LogP contribution in [0.25, 0.3) is 0 Å². The van der Waals surface area contributed by atoms with E-state index in [2.05, 4.69) is 37.4 Å². The molecule has 0 saturated heterocycles. The van der Waals surface area contributed by atoms with Crippen molar-refractivity contribution in [3.8, 4) is 5.75 Å². The SMILES string of the molecule is COc1ccc(C(=O)N[C@H](C)c2cc(C)ccc2C)cc1. The van der Waals surface area contributed by atoms with Gasteiger partial charge in [-0.2, -0.15) is 0 Å². The summed E-state index contributed by atoms with van der Waals surface area (Å²) in [7, 11) is 1.61. The molecule has 0 radical (unpaired) electrons. The van der Waals surface area contributed by atoms with Crippen LogP contribution in [-0.4, -0.2) is 13.0 Å². The van der Waals surface area contributed by atoms with E-state index in [-0.39, 0.29) is 11.9 Å². The van der Waals surface area contributed by atoms with E-state index in [9.17, 15) is 4.79 Å². The van der Waals surface area contributed by atoms with Crippen molar-refractivity contribution in [1.82, 2.24) is 5.32 Å². The molecule has 0 aliphatic rings. The lowest BCUT2D eigenvalue weighted by Crippen LogP contribution is -2.27. The molecule has 1 N–H and O–H groups in total. The van der Waals surface area contributed by atoms with Gasteiger partial charge >= 0.3 is 0 Å². The van der Waals surface area contributed by atoms with Gasteiger partial charge in [-0.1, -0.05) is 23.8 Å². The Morgan fingerprint density at radius 2 is 1.76 bits per heavy atom. The topological polar surface area (TPSA) is 38.3 Å². The molecule has 21 heavy (non-hydrogen) atoms. The lowest BCUT2D eigenvalue weighted by molar-refractivity contribution is 0.0940. The van der Waals surface area contributed by atoms with Crippen molar-refractivity contribution in [1.29, 1.82) is 0 Å². The molecule has 0 bridgehead atoms. The predicted octanol–water partition coefficient (Wildman–Crippen LogP) is 3.80. The van der Waals surface area contributed by atoms with Crippen LogP contribution >= 0.6 is 0 Å². The normalized spacial score (nSPS) is 11.8. The predicted molar refractivity (Wildman–Crippen MR) is 84.8 cm³/mol. The van der Waals surface area contributed by atoms with E-state index in [4.69, 9.17) is 4.74 Å². The van der Waals surface area contributed by atoms with Gasteiger partial charge in [-0.15, -0.1) is 0 Å². The van der Waals surface area contributed by atoms with Crippen LogP contribution in [0.15, 0.2) is 42.5 Å². The molecule has 1 amide bonds. The third-order valence-electron chi connectivity index (χ3n) is 3.60. The first-order valence-electron chi connectivity index (χ1n) is 7.03. The lowest BCUT2D eigenvalue weighted by Gasteiger charge is -2.17. The standard InChI is InChI=1S/C18H21NO2/c1-12-5-6-13(2)17(11-12)14(3)19-18(20)15-7-9-16(21-4)10-8-15/h5-11,14H,1-4H3,(H,19,20)/t14-/m1/s1. The van der Waals surface area contributed by atoms with E-state index >= 15 is 0 Å². The maximum Gasteiger partial charge on any atom is 0.251 e. The number of carbonyl (C=O) groups is 1. The highest BCUT2D eigenvalue weighted by molar-refractivity contribution is 5.94. The van der Waals surface area contributed by atoms with E-state index in [1.165, 1.54) is 11.1 Å². The second-order valence-corrected chi connectivity index (χ2v) is 5.28. The van der Waals surface area contributed by atoms with Crippen molar-refractivity contribution in [3.05, 3.63) is 64.7 Å². The van der Waals surface area contributed by atoms with Crippen molar-refractivity contribution >= 4 is 5.91 Å². The van der Waals surface area contributed by atoms with Crippen LogP contribution in [0, 0.1) is 13.8 Å². The highest BCUT2D eigenvalue weighted by Gasteiger charge is 2.13. The van der Waals surface area contributed by atoms with Gasteiger partial charge in [0.1, 0.15) is 5.75 Å². The third kappa shape index (κ3) is 3.63. The molecule has 0 saturated carbocycles. The molecule has 110 valence electrons. The second-order valence-electron chi connectivity index (χ2n) is 5.28. The second kappa shape index (κ2) is 6.44. The van der Waals surface area contributed by atoms with Crippen LogP contribution in [0.2, 0.25) is 0 Å². The zero-order valence-electron chi connectivity index (χ0n) is 12.9. The largest absolute Gasteiger partial charge is 0.497 e. The van der Waals surface area contributed by atoms with Gasteiger partial charge in [0, 0.05) is 5.56 Å². The fourth-order valence-corrected chi connectivity index (χ4v) is 2.33. The maximum atomic E-state index is 12.3. The number of benzene rings is 2. The van der Waals surface area contributed by atoms with Gasteiger partial charge in [0.2, 0.25) is 0 Å². The Balaban J connectivity index is 2.12. The van der Waals surface area contributed by atoms with Gasteiger partial charge in [0.25, 0.3) is 5.91 Å². The molecule has 0 spiro atoms. The quantitative estimate of drug-likeness (QED) is 0.926. The molecule has 0 aromatic heterocycles. The highest BCUT2D eigenvalue weighted by Crippen LogP contribution is 2.19. The third-order valence-corrected chi connectivity index (χ3v) is 3.60. The Morgan fingerprint density at radius 3 is 2.38 bits per heavy atom. The number of rotatable bonds is 4. The van der Waals surface area contributed by atoms with Gasteiger partial charge in [0.15, 0.2) is 0 Å². The number of hydrogen-bond donors (Lipinski definition) is 1. The summed E-state index contributed by atoms with van der Waals surface area (Å²) in [6.07, 6.45) is 0. The molecule has 0 unspecified atom stereocenters. The number of methoxy groups -OCH3 is 1. The molecular weight excluding hydrogens is 262 g/mol. The Morgan fingerprint density at radius 1 is 1.10 bits per heavy atom. The maximum absolute atomic E-state index is 12.3. The molecule has 3 nitrogen and oxygen atoms in total. The molecule has 2 aromatic rings. The number of aryl methyl sites for hydroxylation is 2. The Bertz CT molecular complexity index is 632. The summed E-state index contributed by atoms with van der Waals surface area (Å²) in [5.74, 6) is 0.667. The minimum Gasteiger partial charge on any atom is -0.497 e. The van der Waals surface area contributed by atoms with Crippen LogP contribution in [0.5, 0.6) is 5.75 Å². The van der Waals surface area contributed by atoms with Crippen LogP contribution in [0.4, 0.5) is 0 Å². The fraction of sp³-hybridized carbons (Fsp3) is 0.278. The highest BCUT2D eigenvalue weighted by atomic mass is 16.5. The molecule has 0 fully saturated rings. The fourth-order valence-electron chi connectivity index (χ4n) is 2.33. The van der Waals surface area contributed by atoms with Gasteiger partial charge in [-0.3, -0.25) is 4.79 Å². The zero-order valence-corrected chi connectivity index (χ0v) is 12.9. The monoisotopic (exact) mass is 283 g/mol. The van der Waals surface area contributed by atoms with Crippen LogP contribution in [-0.2, 0) is 0 Å². The van der Waals surface area contributed by atoms with Gasteiger partial charge in [-0.05, 0) is 56.2 Å². The minimum absolute atomic E-state index is 0.0282. The van der Waals surface area contributed by atoms with E-state index in [1.807, 2.05) is 6.92 Å². The van der Waals surface area contributed by atoms with Crippen molar-refractivity contribution < 1.29 is 9.53 Å². The van der Waals surface area contributed by atoms with E-state index in [0.717, 1.165) is 11.3 Å². The number of nitrogens with one attached hydrogen (secondary N) is 1. The molecule has 2 rings (SSSR count). The van der Waals surface area contributed by atoms with Gasteiger partial charge in [-0.25, -0.2) is 0 Å². The molecule has 2 aromatic carbocycles. The summed E-state index contributed by atoms with van der Waals surface area (Å²) in [4.78, 5) is 12.3. The minimum atomic E-state index is -0.0777. The van der Waals surface area contributed by atoms with E-state index in [0.29, 0.717) is 5.56 Å². The molecule has 0 heterocycles. The number of amides is 1. The van der Waals surface area contributed by atoms with Crippen LogP contribution in [0.1, 0.15) is 40.0 Å². The number of ether oxygens (including phenoxy) is 1. The summed E-state index contributed by atoms with van der Waals surface area (Å²) >= 11 is 0. The van der Waals surface area contributed by atoms with Crippen LogP contribution in [0.3, 0.4) is 0 Å². The van der Waals surface area contributed by atoms with Gasteiger partial charge < -0.3 is 10.1 Å². The Labute approximate surface area is 126 Å². The lowest BCUT2D eigenvalue weighted by atomic mass is 10.00. The van der Waals surface area contributed by atoms with E-state index in [1.54, 1.807) is 31.4 Å². The average Bonchev–Trinajstić information content (AvgIpc) is 2.49. The van der Waals surface area contributed by atoms with Crippen molar-refractivity contribution in [3.63, 3.8) is 0 Å². The first kappa shape index (κ1) is 15.1. The first-order chi connectivity index (χ1) is 10.0. The summed E-state index contributed by atoms with van der Waals surface area (Å²) in [6, 6.07) is 13.4. The molecular formula is C18H21NO2. The summed E-state index contributed by atoms with van der Waals surface area (Å²) in [5.41, 5.74) is 4.16. The summed E-state index contributed by atoms with van der Waals surface area (Å²) in [6.45, 7) is 6.12. The smallest absolute Gasteiger partial charge is 0.251 e. The molecule has 3 heteroatoms. The van der Waals surface area contributed by atoms with E-state index < -0.39 is 0 Å². The average molecular weight is 283 g/mol. The van der Waals surface area contributed by atoms with Gasteiger partial charge in [0.05, 0.1) is 13.2 Å². The molecule has 0 aliphatic heterocycles. The van der Waals surface area contributed by atoms with Crippen molar-refractivity contribution in [2.75, 3.05) is 7.11 Å². The van der Waals surface area contributed by atoms with Crippen molar-refractivity contribution in [2.45, 2.75) is 26.8 Å². The summed E-state index contributed by atoms with van der Waals surface area (Å²) in [5, 5.41) is 3.04. The Kier molecular flexibility index (Phi) is 4.63. The van der Waals surface area contributed by atoms with Crippen LogP contribution < -0.4 is 10.1 Å². The zero-order chi connectivity index (χ0) is 15.4.